The highest BCUT2D eigenvalue weighted by Gasteiger charge is 2.38. The van der Waals surface area contributed by atoms with Crippen LogP contribution in [-0.4, -0.2) is 56.4 Å². The summed E-state index contributed by atoms with van der Waals surface area (Å²) in [7, 11) is 0. The standard InChI is InChI=1S/C19H22N6OS.C2HF3O2/c1-10-4-5-13(17-22-12(3)24-25-17)8-15(10)23-18(26)16-11(2)21-19(27-16)14-6-7-20-9-14;3-2(4,5)1(6)7/h4-5,8,14,20H,6-7,9H2,1-3H3,(H,23,26)(H,22,24,25);(H,6,7). The van der Waals surface area contributed by atoms with Crippen molar-refractivity contribution in [2.75, 3.05) is 18.4 Å². The van der Waals surface area contributed by atoms with Crippen molar-refractivity contribution in [3.8, 4) is 11.4 Å². The van der Waals surface area contributed by atoms with Crippen molar-refractivity contribution in [3.05, 3.63) is 45.2 Å². The van der Waals surface area contributed by atoms with Gasteiger partial charge in [-0.1, -0.05) is 12.1 Å². The van der Waals surface area contributed by atoms with Crippen molar-refractivity contribution in [1.82, 2.24) is 25.5 Å². The summed E-state index contributed by atoms with van der Waals surface area (Å²) in [5, 5.41) is 21.6. The number of carboxylic acids is 1. The van der Waals surface area contributed by atoms with Gasteiger partial charge in [0.05, 0.1) is 10.7 Å². The molecule has 0 spiro atoms. The molecule has 1 fully saturated rings. The molecule has 4 N–H and O–H groups in total. The summed E-state index contributed by atoms with van der Waals surface area (Å²) in [6.45, 7) is 7.68. The predicted octanol–water partition coefficient (Wildman–Crippen LogP) is 3.82. The van der Waals surface area contributed by atoms with Crippen molar-refractivity contribution < 1.29 is 27.9 Å². The number of hydrogen-bond donors (Lipinski definition) is 4. The zero-order chi connectivity index (χ0) is 25.0. The number of anilines is 1. The van der Waals surface area contributed by atoms with E-state index in [1.54, 1.807) is 0 Å². The van der Waals surface area contributed by atoms with Crippen LogP contribution in [0.15, 0.2) is 18.2 Å². The summed E-state index contributed by atoms with van der Waals surface area (Å²) < 4.78 is 31.7. The van der Waals surface area contributed by atoms with Gasteiger partial charge < -0.3 is 15.7 Å². The summed E-state index contributed by atoms with van der Waals surface area (Å²) in [4.78, 5) is 31.4. The Morgan fingerprint density at radius 2 is 1.91 bits per heavy atom. The Bertz CT molecular complexity index is 1180. The Balaban J connectivity index is 0.000000406. The average Bonchev–Trinajstić information content (AvgIpc) is 3.50. The van der Waals surface area contributed by atoms with Crippen LogP contribution in [0.3, 0.4) is 0 Å². The zero-order valence-electron chi connectivity index (χ0n) is 18.6. The van der Waals surface area contributed by atoms with E-state index in [9.17, 15) is 18.0 Å². The number of amides is 1. The van der Waals surface area contributed by atoms with E-state index >= 15 is 0 Å². The first-order chi connectivity index (χ1) is 16.0. The van der Waals surface area contributed by atoms with Gasteiger partial charge in [-0.15, -0.1) is 11.3 Å². The van der Waals surface area contributed by atoms with Crippen molar-refractivity contribution in [2.24, 2.45) is 0 Å². The number of carbonyl (C=O) groups excluding carboxylic acids is 1. The van der Waals surface area contributed by atoms with Crippen LogP contribution < -0.4 is 10.6 Å². The molecule has 13 heteroatoms. The first-order valence-electron chi connectivity index (χ1n) is 10.2. The van der Waals surface area contributed by atoms with Gasteiger partial charge in [0, 0.05) is 23.7 Å². The summed E-state index contributed by atoms with van der Waals surface area (Å²) in [6, 6.07) is 5.83. The Morgan fingerprint density at radius 3 is 2.47 bits per heavy atom. The van der Waals surface area contributed by atoms with E-state index in [4.69, 9.17) is 9.90 Å². The van der Waals surface area contributed by atoms with Crippen molar-refractivity contribution in [2.45, 2.75) is 39.3 Å². The number of alkyl halides is 3. The van der Waals surface area contributed by atoms with E-state index in [2.05, 4.69) is 30.8 Å². The molecule has 3 aromatic rings. The number of aromatic nitrogens is 4. The van der Waals surface area contributed by atoms with Crippen molar-refractivity contribution in [3.63, 3.8) is 0 Å². The van der Waals surface area contributed by atoms with E-state index in [1.165, 1.54) is 11.3 Å². The van der Waals surface area contributed by atoms with Gasteiger partial charge in [-0.05, 0) is 45.4 Å². The lowest BCUT2D eigenvalue weighted by atomic mass is 10.1. The van der Waals surface area contributed by atoms with Crippen LogP contribution in [0.25, 0.3) is 11.4 Å². The molecule has 0 bridgehead atoms. The lowest BCUT2D eigenvalue weighted by molar-refractivity contribution is -0.192. The summed E-state index contributed by atoms with van der Waals surface area (Å²) in [5.74, 6) is -1.09. The second-order valence-corrected chi connectivity index (χ2v) is 8.72. The molecule has 0 aliphatic carbocycles. The van der Waals surface area contributed by atoms with Gasteiger partial charge >= 0.3 is 12.1 Å². The molecule has 1 unspecified atom stereocenters. The number of benzene rings is 1. The van der Waals surface area contributed by atoms with Gasteiger partial charge in [0.25, 0.3) is 5.91 Å². The van der Waals surface area contributed by atoms with E-state index in [0.29, 0.717) is 16.6 Å². The Morgan fingerprint density at radius 1 is 1.21 bits per heavy atom. The van der Waals surface area contributed by atoms with Crippen molar-refractivity contribution in [1.29, 1.82) is 0 Å². The maximum atomic E-state index is 12.9. The van der Waals surface area contributed by atoms with Gasteiger partial charge in [-0.25, -0.2) is 14.8 Å². The van der Waals surface area contributed by atoms with Gasteiger partial charge in [0.15, 0.2) is 5.82 Å². The number of rotatable bonds is 4. The number of carboxylic acid groups (broad SMARTS) is 1. The number of aryl methyl sites for hydroxylation is 3. The van der Waals surface area contributed by atoms with E-state index in [0.717, 1.165) is 52.9 Å². The van der Waals surface area contributed by atoms with Crippen LogP contribution in [0.5, 0.6) is 0 Å². The number of nitrogens with one attached hydrogen (secondary N) is 3. The molecule has 1 saturated heterocycles. The molecule has 1 amide bonds. The minimum Gasteiger partial charge on any atom is -0.475 e. The molecule has 1 aliphatic heterocycles. The molecule has 1 aliphatic rings. The zero-order valence-corrected chi connectivity index (χ0v) is 19.4. The minimum atomic E-state index is -5.08. The fourth-order valence-corrected chi connectivity index (χ4v) is 4.31. The smallest absolute Gasteiger partial charge is 0.475 e. The van der Waals surface area contributed by atoms with Gasteiger partial charge in [-0.2, -0.15) is 18.3 Å². The molecule has 1 aromatic carbocycles. The van der Waals surface area contributed by atoms with Gasteiger partial charge in [-0.3, -0.25) is 9.89 Å². The van der Waals surface area contributed by atoms with Gasteiger partial charge in [0.1, 0.15) is 10.7 Å². The monoisotopic (exact) mass is 496 g/mol. The molecule has 34 heavy (non-hydrogen) atoms. The molecule has 182 valence electrons. The lowest BCUT2D eigenvalue weighted by Gasteiger charge is -2.09. The number of halogens is 3. The number of H-pyrrole nitrogens is 1. The molecule has 9 nitrogen and oxygen atoms in total. The minimum absolute atomic E-state index is 0.117. The molecule has 4 rings (SSSR count). The average molecular weight is 497 g/mol. The van der Waals surface area contributed by atoms with Crippen LogP contribution in [0, 0.1) is 20.8 Å². The third-order valence-corrected chi connectivity index (χ3v) is 6.33. The van der Waals surface area contributed by atoms with Crippen LogP contribution >= 0.6 is 11.3 Å². The second kappa shape index (κ2) is 10.3. The Hall–Kier alpha value is -3.32. The quantitative estimate of drug-likeness (QED) is 0.432. The molecule has 3 heterocycles. The van der Waals surface area contributed by atoms with Gasteiger partial charge in [0.2, 0.25) is 0 Å². The van der Waals surface area contributed by atoms with Crippen LogP contribution in [-0.2, 0) is 4.79 Å². The van der Waals surface area contributed by atoms with E-state index < -0.39 is 12.1 Å². The first-order valence-corrected chi connectivity index (χ1v) is 11.1. The second-order valence-electron chi connectivity index (χ2n) is 7.69. The number of carbonyl (C=O) groups is 2. The highest BCUT2D eigenvalue weighted by atomic mass is 32.1. The topological polar surface area (TPSA) is 133 Å². The SMILES string of the molecule is Cc1nc(-c2ccc(C)c(NC(=O)c3sc(C4CCNC4)nc3C)c2)n[nH]1.O=C(O)C(F)(F)F. The third kappa shape index (κ3) is 6.17. The molecule has 2 aromatic heterocycles. The summed E-state index contributed by atoms with van der Waals surface area (Å²) >= 11 is 1.50. The van der Waals surface area contributed by atoms with Crippen molar-refractivity contribution >= 4 is 28.9 Å². The highest BCUT2D eigenvalue weighted by molar-refractivity contribution is 7.14. The van der Waals surface area contributed by atoms with E-state index in [-0.39, 0.29) is 5.91 Å². The first kappa shape index (κ1) is 25.3. The highest BCUT2D eigenvalue weighted by Crippen LogP contribution is 2.30. The number of aromatic amines is 1. The summed E-state index contributed by atoms with van der Waals surface area (Å²) in [6.07, 6.45) is -4.01. The third-order valence-electron chi connectivity index (χ3n) is 5.01. The maximum absolute atomic E-state index is 12.9. The summed E-state index contributed by atoms with van der Waals surface area (Å²) in [5.41, 5.74) is 3.40. The largest absolute Gasteiger partial charge is 0.490 e. The van der Waals surface area contributed by atoms with Crippen LogP contribution in [0.1, 0.15) is 44.1 Å². The lowest BCUT2D eigenvalue weighted by Crippen LogP contribution is -2.21. The number of nitrogens with zero attached hydrogens (tertiary/aromatic N) is 3. The fraction of sp³-hybridized carbons (Fsp3) is 0.381. The Labute approximate surface area is 196 Å². The van der Waals surface area contributed by atoms with E-state index in [1.807, 2.05) is 39.0 Å². The molecule has 0 saturated carbocycles. The number of aliphatic carboxylic acids is 1. The molecular formula is C21H23F3N6O3S. The molecule has 0 radical (unpaired) electrons. The normalized spacial score (nSPS) is 15.5. The number of hydrogen-bond acceptors (Lipinski definition) is 7. The maximum Gasteiger partial charge on any atom is 0.490 e. The molecular weight excluding hydrogens is 473 g/mol. The fourth-order valence-electron chi connectivity index (χ4n) is 3.21. The Kier molecular flexibility index (Phi) is 7.67. The number of thiazole rings is 1. The van der Waals surface area contributed by atoms with Crippen LogP contribution in [0.4, 0.5) is 18.9 Å². The predicted molar refractivity (Wildman–Crippen MR) is 120 cm³/mol. The van der Waals surface area contributed by atoms with Crippen LogP contribution in [0.2, 0.25) is 0 Å². The molecule has 1 atom stereocenters.